The van der Waals surface area contributed by atoms with E-state index in [0.29, 0.717) is 47.9 Å². The first-order valence-electron chi connectivity index (χ1n) is 12.3. The van der Waals surface area contributed by atoms with E-state index in [4.69, 9.17) is 14.6 Å². The molecule has 8 heteroatoms. The van der Waals surface area contributed by atoms with E-state index in [0.717, 1.165) is 22.5 Å². The molecule has 4 aromatic rings. The lowest BCUT2D eigenvalue weighted by molar-refractivity contribution is -0.138. The van der Waals surface area contributed by atoms with E-state index in [1.807, 2.05) is 62.5 Å². The van der Waals surface area contributed by atoms with Gasteiger partial charge in [0, 0.05) is 23.7 Å². The van der Waals surface area contributed by atoms with Crippen LogP contribution in [0.2, 0.25) is 0 Å². The molecular formula is C29H26FN3O4. The highest BCUT2D eigenvalue weighted by atomic mass is 19.1. The number of aromatic nitrogens is 3. The van der Waals surface area contributed by atoms with Gasteiger partial charge in [0.05, 0.1) is 5.92 Å². The van der Waals surface area contributed by atoms with Crippen molar-refractivity contribution in [1.29, 1.82) is 0 Å². The second-order valence-electron chi connectivity index (χ2n) is 9.67. The van der Waals surface area contributed by atoms with Gasteiger partial charge in [-0.2, -0.15) is 5.10 Å². The van der Waals surface area contributed by atoms with Crippen LogP contribution in [-0.2, 0) is 18.3 Å². The zero-order chi connectivity index (χ0) is 25.7. The molecule has 0 amide bonds. The number of aryl methyl sites for hydroxylation is 2. The third-order valence-electron chi connectivity index (χ3n) is 7.25. The highest BCUT2D eigenvalue weighted by molar-refractivity contribution is 5.75. The smallest absolute Gasteiger partial charge is 0.307 e. The predicted molar refractivity (Wildman–Crippen MR) is 134 cm³/mol. The molecule has 7 nitrogen and oxygen atoms in total. The van der Waals surface area contributed by atoms with Crippen LogP contribution in [0.25, 0.3) is 11.4 Å². The number of carbonyl (C=O) groups is 1. The summed E-state index contributed by atoms with van der Waals surface area (Å²) in [5.74, 6) is 2.08. The molecule has 1 N–H and O–H groups in total. The van der Waals surface area contributed by atoms with E-state index in [2.05, 4.69) is 10.1 Å². The molecule has 2 aliphatic rings. The number of carboxylic acid groups (broad SMARTS) is 1. The Labute approximate surface area is 213 Å². The second kappa shape index (κ2) is 9.03. The third kappa shape index (κ3) is 4.43. The fourth-order valence-electron chi connectivity index (χ4n) is 5.03. The third-order valence-corrected chi connectivity index (χ3v) is 7.25. The Balaban J connectivity index is 1.17. The Morgan fingerprint density at radius 2 is 1.78 bits per heavy atom. The summed E-state index contributed by atoms with van der Waals surface area (Å²) in [6.45, 7) is 1.90. The number of carboxylic acids is 1. The maximum atomic E-state index is 14.9. The minimum Gasteiger partial charge on any atom is -0.486 e. The number of hydrogen-bond donors (Lipinski definition) is 1. The summed E-state index contributed by atoms with van der Waals surface area (Å²) in [6, 6.07) is 18.1. The van der Waals surface area contributed by atoms with Crippen LogP contribution >= 0.6 is 0 Å². The SMILES string of the molecule is Cc1nc(-c2ccc(Oc3ccc(F)c4c3CCC4Oc3ccc(C4C[C@@H]4C(=O)O)cc3)cc2)nn1C. The van der Waals surface area contributed by atoms with E-state index < -0.39 is 12.1 Å². The van der Waals surface area contributed by atoms with Gasteiger partial charge in [-0.1, -0.05) is 12.1 Å². The van der Waals surface area contributed by atoms with Gasteiger partial charge >= 0.3 is 5.97 Å². The zero-order valence-electron chi connectivity index (χ0n) is 20.5. The molecule has 0 bridgehead atoms. The van der Waals surface area contributed by atoms with Crippen molar-refractivity contribution in [1.82, 2.24) is 14.8 Å². The van der Waals surface area contributed by atoms with Crippen LogP contribution in [0.1, 0.15) is 47.4 Å². The fraction of sp³-hybridized carbons (Fsp3) is 0.276. The summed E-state index contributed by atoms with van der Waals surface area (Å²) >= 11 is 0. The highest BCUT2D eigenvalue weighted by Crippen LogP contribution is 2.48. The quantitative estimate of drug-likeness (QED) is 0.337. The normalized spacial score (nSPS) is 19.9. The van der Waals surface area contributed by atoms with Crippen LogP contribution in [0, 0.1) is 18.7 Å². The van der Waals surface area contributed by atoms with Gasteiger partial charge < -0.3 is 14.6 Å². The number of aliphatic carboxylic acids is 1. The molecule has 0 aliphatic heterocycles. The molecule has 2 aliphatic carbocycles. The first kappa shape index (κ1) is 23.2. The summed E-state index contributed by atoms with van der Waals surface area (Å²) in [4.78, 5) is 15.6. The van der Waals surface area contributed by atoms with E-state index in [1.54, 1.807) is 10.7 Å². The lowest BCUT2D eigenvalue weighted by atomic mass is 10.1. The molecule has 1 heterocycles. The van der Waals surface area contributed by atoms with Gasteiger partial charge in [-0.3, -0.25) is 9.48 Å². The minimum absolute atomic E-state index is 0.0642. The summed E-state index contributed by atoms with van der Waals surface area (Å²) in [5, 5.41) is 13.6. The van der Waals surface area contributed by atoms with Gasteiger partial charge in [-0.15, -0.1) is 0 Å². The van der Waals surface area contributed by atoms with Gasteiger partial charge in [0.2, 0.25) is 0 Å². The number of ether oxygens (including phenoxy) is 2. The van der Waals surface area contributed by atoms with Crippen LogP contribution < -0.4 is 9.47 Å². The number of nitrogens with zero attached hydrogens (tertiary/aromatic N) is 3. The Morgan fingerprint density at radius 1 is 1.05 bits per heavy atom. The Morgan fingerprint density at radius 3 is 2.43 bits per heavy atom. The molecule has 0 saturated heterocycles. The van der Waals surface area contributed by atoms with Crippen molar-refractivity contribution in [2.24, 2.45) is 13.0 Å². The molecule has 2 unspecified atom stereocenters. The molecule has 3 atom stereocenters. The molecule has 6 rings (SSSR count). The molecular weight excluding hydrogens is 473 g/mol. The van der Waals surface area contributed by atoms with Crippen molar-refractivity contribution >= 4 is 5.97 Å². The lowest BCUT2D eigenvalue weighted by Gasteiger charge is -2.17. The number of halogens is 1. The number of benzene rings is 3. The maximum Gasteiger partial charge on any atom is 0.307 e. The van der Waals surface area contributed by atoms with Crippen molar-refractivity contribution in [3.63, 3.8) is 0 Å². The van der Waals surface area contributed by atoms with Crippen molar-refractivity contribution < 1.29 is 23.8 Å². The van der Waals surface area contributed by atoms with Crippen molar-refractivity contribution in [3.05, 3.63) is 89.0 Å². The molecule has 1 saturated carbocycles. The second-order valence-corrected chi connectivity index (χ2v) is 9.67. The topological polar surface area (TPSA) is 86.5 Å². The monoisotopic (exact) mass is 499 g/mol. The predicted octanol–water partition coefficient (Wildman–Crippen LogP) is 5.98. The summed E-state index contributed by atoms with van der Waals surface area (Å²) in [6.07, 6.45) is 1.53. The maximum absolute atomic E-state index is 14.9. The Bertz CT molecular complexity index is 1460. The Hall–Kier alpha value is -4.20. The first-order chi connectivity index (χ1) is 17.9. The largest absolute Gasteiger partial charge is 0.486 e. The molecule has 37 heavy (non-hydrogen) atoms. The van der Waals surface area contributed by atoms with Crippen LogP contribution in [-0.4, -0.2) is 25.8 Å². The van der Waals surface area contributed by atoms with Crippen molar-refractivity contribution in [2.45, 2.75) is 38.2 Å². The highest BCUT2D eigenvalue weighted by Gasteiger charge is 2.44. The van der Waals surface area contributed by atoms with Gasteiger partial charge in [0.1, 0.15) is 35.0 Å². The zero-order valence-corrected chi connectivity index (χ0v) is 20.5. The van der Waals surface area contributed by atoms with Crippen molar-refractivity contribution in [3.8, 4) is 28.6 Å². The van der Waals surface area contributed by atoms with Crippen LogP contribution in [0.4, 0.5) is 4.39 Å². The van der Waals surface area contributed by atoms with Crippen LogP contribution in [0.15, 0.2) is 60.7 Å². The summed E-state index contributed by atoms with van der Waals surface area (Å²) < 4.78 is 29.0. The van der Waals surface area contributed by atoms with E-state index in [-0.39, 0.29) is 17.7 Å². The molecule has 3 aromatic carbocycles. The fourth-order valence-corrected chi connectivity index (χ4v) is 5.03. The van der Waals surface area contributed by atoms with E-state index in [9.17, 15) is 9.18 Å². The van der Waals surface area contributed by atoms with Crippen LogP contribution in [0.3, 0.4) is 0 Å². The number of fused-ring (bicyclic) bond motifs is 1. The number of hydrogen-bond acceptors (Lipinski definition) is 5. The first-order valence-corrected chi connectivity index (χ1v) is 12.3. The number of rotatable bonds is 7. The summed E-state index contributed by atoms with van der Waals surface area (Å²) in [7, 11) is 1.86. The average Bonchev–Trinajstić information content (AvgIpc) is 3.48. The lowest BCUT2D eigenvalue weighted by Crippen LogP contribution is -2.06. The van der Waals surface area contributed by atoms with Crippen molar-refractivity contribution in [2.75, 3.05) is 0 Å². The molecule has 0 radical (unpaired) electrons. The van der Waals surface area contributed by atoms with E-state index in [1.165, 1.54) is 6.07 Å². The average molecular weight is 500 g/mol. The standard InChI is InChI=1S/C29H26FN3O4/c1-16-31-28(32-33(16)2)18-5-9-19(10-6-18)36-25-14-12-24(30)27-21(25)11-13-26(27)37-20-7-3-17(4-8-20)22-15-23(22)29(34)35/h3-10,12,14,22-23,26H,11,13,15H2,1-2H3,(H,34,35)/t22?,23-,26?/m0/s1. The molecule has 1 aromatic heterocycles. The van der Waals surface area contributed by atoms with Gasteiger partial charge in [0.15, 0.2) is 5.82 Å². The summed E-state index contributed by atoms with van der Waals surface area (Å²) in [5.41, 5.74) is 3.22. The van der Waals surface area contributed by atoms with Gasteiger partial charge in [-0.05, 0) is 86.2 Å². The van der Waals surface area contributed by atoms with Crippen LogP contribution in [0.5, 0.6) is 17.2 Å². The molecule has 188 valence electrons. The molecule has 0 spiro atoms. The van der Waals surface area contributed by atoms with E-state index >= 15 is 0 Å². The van der Waals surface area contributed by atoms with Gasteiger partial charge in [-0.25, -0.2) is 9.37 Å². The minimum atomic E-state index is -0.752. The molecule has 1 fully saturated rings. The Kier molecular flexibility index (Phi) is 5.67. The van der Waals surface area contributed by atoms with Gasteiger partial charge in [0.25, 0.3) is 0 Å².